The number of nitrogens with zero attached hydrogens (tertiary/aromatic N) is 2. The number of carboxylic acid groups (broad SMARTS) is 1. The molecule has 0 spiro atoms. The zero-order valence-electron chi connectivity index (χ0n) is 9.99. The van der Waals surface area contributed by atoms with Crippen LogP contribution < -0.4 is 5.32 Å². The van der Waals surface area contributed by atoms with E-state index in [4.69, 9.17) is 5.11 Å². The summed E-state index contributed by atoms with van der Waals surface area (Å²) in [5, 5.41) is 11.6. The second kappa shape index (κ2) is 5.12. The van der Waals surface area contributed by atoms with Gasteiger partial charge in [0.2, 0.25) is 5.95 Å². The SMILES string of the molecule is Cc1nc(NCCCC(=O)O)nc2c1CCC2. The highest BCUT2D eigenvalue weighted by Crippen LogP contribution is 2.23. The van der Waals surface area contributed by atoms with Gasteiger partial charge in [0.1, 0.15) is 0 Å². The molecule has 1 aromatic heterocycles. The molecule has 2 N–H and O–H groups in total. The Bertz CT molecular complexity index is 432. The first kappa shape index (κ1) is 11.8. The van der Waals surface area contributed by atoms with Crippen LogP contribution in [0.2, 0.25) is 0 Å². The number of carboxylic acids is 1. The summed E-state index contributed by atoms with van der Waals surface area (Å²) in [6.07, 6.45) is 4.04. The van der Waals surface area contributed by atoms with E-state index in [1.54, 1.807) is 0 Å². The minimum atomic E-state index is -0.766. The Hall–Kier alpha value is -1.65. The number of anilines is 1. The maximum absolute atomic E-state index is 10.4. The van der Waals surface area contributed by atoms with E-state index in [-0.39, 0.29) is 6.42 Å². The van der Waals surface area contributed by atoms with Crippen LogP contribution in [0.15, 0.2) is 0 Å². The van der Waals surface area contributed by atoms with Crippen LogP contribution in [0.4, 0.5) is 5.95 Å². The van der Waals surface area contributed by atoms with Crippen molar-refractivity contribution >= 4 is 11.9 Å². The van der Waals surface area contributed by atoms with Gasteiger partial charge >= 0.3 is 5.97 Å². The first-order valence-corrected chi connectivity index (χ1v) is 5.99. The number of aromatic nitrogens is 2. The molecule has 1 heterocycles. The van der Waals surface area contributed by atoms with Crippen molar-refractivity contribution < 1.29 is 9.90 Å². The van der Waals surface area contributed by atoms with E-state index < -0.39 is 5.97 Å². The first-order valence-electron chi connectivity index (χ1n) is 5.99. The van der Waals surface area contributed by atoms with Gasteiger partial charge in [0.05, 0.1) is 0 Å². The Morgan fingerprint density at radius 2 is 2.24 bits per heavy atom. The van der Waals surface area contributed by atoms with E-state index in [2.05, 4.69) is 15.3 Å². The van der Waals surface area contributed by atoms with E-state index in [0.717, 1.165) is 30.7 Å². The smallest absolute Gasteiger partial charge is 0.303 e. The highest BCUT2D eigenvalue weighted by Gasteiger charge is 2.16. The molecule has 5 nitrogen and oxygen atoms in total. The lowest BCUT2D eigenvalue weighted by Crippen LogP contribution is -2.10. The summed E-state index contributed by atoms with van der Waals surface area (Å²) in [6.45, 7) is 2.61. The third-order valence-corrected chi connectivity index (χ3v) is 2.99. The van der Waals surface area contributed by atoms with Crippen molar-refractivity contribution in [2.75, 3.05) is 11.9 Å². The normalized spacial score (nSPS) is 13.5. The van der Waals surface area contributed by atoms with E-state index in [0.29, 0.717) is 18.9 Å². The summed E-state index contributed by atoms with van der Waals surface area (Å²) in [4.78, 5) is 19.2. The molecule has 17 heavy (non-hydrogen) atoms. The average molecular weight is 235 g/mol. The highest BCUT2D eigenvalue weighted by atomic mass is 16.4. The zero-order chi connectivity index (χ0) is 12.3. The molecule has 0 saturated carbocycles. The standard InChI is InChI=1S/C12H17N3O2/c1-8-9-4-2-5-10(9)15-12(14-8)13-7-3-6-11(16)17/h2-7H2,1H3,(H,16,17)(H,13,14,15). The molecular weight excluding hydrogens is 218 g/mol. The van der Waals surface area contributed by atoms with Crippen LogP contribution in [-0.4, -0.2) is 27.6 Å². The quantitative estimate of drug-likeness (QED) is 0.757. The molecular formula is C12H17N3O2. The van der Waals surface area contributed by atoms with Crippen molar-refractivity contribution in [3.8, 4) is 0 Å². The lowest BCUT2D eigenvalue weighted by Gasteiger charge is -2.08. The van der Waals surface area contributed by atoms with Crippen LogP contribution in [-0.2, 0) is 17.6 Å². The van der Waals surface area contributed by atoms with Crippen LogP contribution in [0.1, 0.15) is 36.2 Å². The van der Waals surface area contributed by atoms with Crippen molar-refractivity contribution in [3.63, 3.8) is 0 Å². The van der Waals surface area contributed by atoms with Crippen LogP contribution in [0.25, 0.3) is 0 Å². The molecule has 0 aromatic carbocycles. The van der Waals surface area contributed by atoms with E-state index in [9.17, 15) is 4.79 Å². The third kappa shape index (κ3) is 2.93. The molecule has 2 rings (SSSR count). The Labute approximate surface area is 100 Å². The van der Waals surface area contributed by atoms with Crippen molar-refractivity contribution in [1.82, 2.24) is 9.97 Å². The predicted octanol–water partition coefficient (Wildman–Crippen LogP) is 1.55. The van der Waals surface area contributed by atoms with E-state index in [1.165, 1.54) is 5.56 Å². The molecule has 92 valence electrons. The molecule has 0 atom stereocenters. The fourth-order valence-corrected chi connectivity index (χ4v) is 2.14. The Morgan fingerprint density at radius 3 is 3.00 bits per heavy atom. The number of aliphatic carboxylic acids is 1. The number of aryl methyl sites for hydroxylation is 2. The molecule has 0 radical (unpaired) electrons. The van der Waals surface area contributed by atoms with Gasteiger partial charge in [-0.15, -0.1) is 0 Å². The fraction of sp³-hybridized carbons (Fsp3) is 0.583. The van der Waals surface area contributed by atoms with Gasteiger partial charge in [-0.2, -0.15) is 0 Å². The van der Waals surface area contributed by atoms with Gasteiger partial charge in [-0.05, 0) is 38.2 Å². The fourth-order valence-electron chi connectivity index (χ4n) is 2.14. The number of rotatable bonds is 5. The van der Waals surface area contributed by atoms with Crippen LogP contribution in [0.3, 0.4) is 0 Å². The summed E-state index contributed by atoms with van der Waals surface area (Å²) in [6, 6.07) is 0. The van der Waals surface area contributed by atoms with Crippen molar-refractivity contribution in [2.45, 2.75) is 39.0 Å². The minimum Gasteiger partial charge on any atom is -0.481 e. The molecule has 0 saturated heterocycles. The molecule has 0 aliphatic heterocycles. The van der Waals surface area contributed by atoms with Crippen molar-refractivity contribution in [1.29, 1.82) is 0 Å². The Kier molecular flexibility index (Phi) is 3.56. The molecule has 0 amide bonds. The number of nitrogens with one attached hydrogen (secondary N) is 1. The molecule has 1 aliphatic rings. The van der Waals surface area contributed by atoms with Crippen LogP contribution >= 0.6 is 0 Å². The third-order valence-electron chi connectivity index (χ3n) is 2.99. The van der Waals surface area contributed by atoms with Gasteiger partial charge in [-0.3, -0.25) is 4.79 Å². The second-order valence-electron chi connectivity index (χ2n) is 4.34. The Balaban J connectivity index is 1.93. The highest BCUT2D eigenvalue weighted by molar-refractivity contribution is 5.66. The summed E-state index contributed by atoms with van der Waals surface area (Å²) in [5.74, 6) is -0.133. The van der Waals surface area contributed by atoms with Gasteiger partial charge < -0.3 is 10.4 Å². The molecule has 0 fully saturated rings. The van der Waals surface area contributed by atoms with Crippen LogP contribution in [0.5, 0.6) is 0 Å². The molecule has 0 bridgehead atoms. The molecule has 5 heteroatoms. The zero-order valence-corrected chi connectivity index (χ0v) is 9.99. The van der Waals surface area contributed by atoms with Gasteiger partial charge in [-0.1, -0.05) is 0 Å². The van der Waals surface area contributed by atoms with Crippen molar-refractivity contribution in [2.24, 2.45) is 0 Å². The molecule has 0 unspecified atom stereocenters. The number of carbonyl (C=O) groups is 1. The summed E-state index contributed by atoms with van der Waals surface area (Å²) < 4.78 is 0. The monoisotopic (exact) mass is 235 g/mol. The average Bonchev–Trinajstić information content (AvgIpc) is 2.72. The number of hydrogen-bond donors (Lipinski definition) is 2. The largest absolute Gasteiger partial charge is 0.481 e. The number of fused-ring (bicyclic) bond motifs is 1. The summed E-state index contributed by atoms with van der Waals surface area (Å²) >= 11 is 0. The number of hydrogen-bond acceptors (Lipinski definition) is 4. The van der Waals surface area contributed by atoms with E-state index in [1.807, 2.05) is 6.92 Å². The van der Waals surface area contributed by atoms with Gasteiger partial charge in [-0.25, -0.2) is 9.97 Å². The molecule has 1 aliphatic carbocycles. The van der Waals surface area contributed by atoms with Gasteiger partial charge in [0.15, 0.2) is 0 Å². The second-order valence-corrected chi connectivity index (χ2v) is 4.34. The predicted molar refractivity (Wildman–Crippen MR) is 64.2 cm³/mol. The lowest BCUT2D eigenvalue weighted by molar-refractivity contribution is -0.137. The van der Waals surface area contributed by atoms with Crippen LogP contribution in [0, 0.1) is 6.92 Å². The maximum atomic E-state index is 10.4. The van der Waals surface area contributed by atoms with Gasteiger partial charge in [0.25, 0.3) is 0 Å². The molecule has 1 aromatic rings. The van der Waals surface area contributed by atoms with Gasteiger partial charge in [0, 0.05) is 24.4 Å². The topological polar surface area (TPSA) is 75.1 Å². The maximum Gasteiger partial charge on any atom is 0.303 e. The summed E-state index contributed by atoms with van der Waals surface area (Å²) in [7, 11) is 0. The Morgan fingerprint density at radius 1 is 1.41 bits per heavy atom. The van der Waals surface area contributed by atoms with E-state index >= 15 is 0 Å². The first-order chi connectivity index (χ1) is 8.16. The van der Waals surface area contributed by atoms with Crippen molar-refractivity contribution in [3.05, 3.63) is 17.0 Å². The minimum absolute atomic E-state index is 0.178. The summed E-state index contributed by atoms with van der Waals surface area (Å²) in [5.41, 5.74) is 3.49. The lowest BCUT2D eigenvalue weighted by atomic mass is 10.2.